The number of hydrogen-bond donors (Lipinski definition) is 3. The molecule has 0 aliphatic heterocycles. The number of nitriles is 1. The minimum atomic E-state index is -0.286. The highest BCUT2D eigenvalue weighted by molar-refractivity contribution is 7.98. The smallest absolute Gasteiger partial charge is 0.238 e. The van der Waals surface area contributed by atoms with Crippen LogP contribution in [0.2, 0.25) is 0 Å². The summed E-state index contributed by atoms with van der Waals surface area (Å²) >= 11 is 1.41. The first-order chi connectivity index (χ1) is 13.6. The number of hydrogen-bond acceptors (Lipinski definition) is 8. The van der Waals surface area contributed by atoms with Crippen molar-refractivity contribution in [3.05, 3.63) is 59.9 Å². The third-order valence-corrected chi connectivity index (χ3v) is 4.66. The Kier molecular flexibility index (Phi) is 6.16. The molecular weight excluding hydrogens is 374 g/mol. The Morgan fingerprint density at radius 1 is 1.21 bits per heavy atom. The summed E-state index contributed by atoms with van der Waals surface area (Å²) in [6, 6.07) is 12.8. The van der Waals surface area contributed by atoms with Crippen LogP contribution in [0.25, 0.3) is 11.3 Å². The van der Waals surface area contributed by atoms with Gasteiger partial charge in [-0.3, -0.25) is 9.78 Å². The van der Waals surface area contributed by atoms with Gasteiger partial charge >= 0.3 is 0 Å². The van der Waals surface area contributed by atoms with Crippen LogP contribution in [0.3, 0.4) is 0 Å². The highest BCUT2D eigenvalue weighted by atomic mass is 32.2. The molecule has 0 unspecified atom stereocenters. The van der Waals surface area contributed by atoms with E-state index in [9.17, 15) is 10.1 Å². The van der Waals surface area contributed by atoms with Crippen molar-refractivity contribution < 1.29 is 4.79 Å². The molecule has 0 bridgehead atoms. The van der Waals surface area contributed by atoms with Gasteiger partial charge in [0.15, 0.2) is 5.16 Å². The van der Waals surface area contributed by atoms with E-state index in [1.807, 2.05) is 12.1 Å². The maximum absolute atomic E-state index is 11.4. The number of carbonyl (C=O) groups is 1. The standard InChI is InChI=1S/C19H17N7OS/c20-8-15-17(13-3-5-14(6-4-13)24-16(27)9-21)25-19(26-18(15)22)28-11-12-2-1-7-23-10-12/h1-7,10H,9,11,21H2,(H,24,27)(H2,22,25,26). The van der Waals surface area contributed by atoms with Crippen LogP contribution in [0.4, 0.5) is 11.5 Å². The molecule has 1 amide bonds. The zero-order valence-electron chi connectivity index (χ0n) is 14.8. The van der Waals surface area contributed by atoms with Gasteiger partial charge in [0, 0.05) is 29.4 Å². The summed E-state index contributed by atoms with van der Waals surface area (Å²) < 4.78 is 0. The van der Waals surface area contributed by atoms with Crippen molar-refractivity contribution in [3.8, 4) is 17.3 Å². The number of nitrogens with zero attached hydrogens (tertiary/aromatic N) is 4. The molecule has 0 aliphatic rings. The van der Waals surface area contributed by atoms with Crippen molar-refractivity contribution in [1.29, 1.82) is 5.26 Å². The predicted octanol–water partition coefficient (Wildman–Crippen LogP) is 2.18. The maximum Gasteiger partial charge on any atom is 0.238 e. The summed E-state index contributed by atoms with van der Waals surface area (Å²) in [6.07, 6.45) is 3.48. The first kappa shape index (κ1) is 19.3. The summed E-state index contributed by atoms with van der Waals surface area (Å²) in [5.74, 6) is 0.468. The van der Waals surface area contributed by atoms with E-state index in [4.69, 9.17) is 11.5 Å². The van der Waals surface area contributed by atoms with Crippen LogP contribution in [0.1, 0.15) is 11.1 Å². The van der Waals surface area contributed by atoms with E-state index >= 15 is 0 Å². The molecular formula is C19H17N7OS. The minimum Gasteiger partial charge on any atom is -0.382 e. The Morgan fingerprint density at radius 2 is 2.00 bits per heavy atom. The summed E-state index contributed by atoms with van der Waals surface area (Å²) in [5, 5.41) is 12.6. The Bertz CT molecular complexity index is 1020. The molecule has 140 valence electrons. The van der Waals surface area contributed by atoms with E-state index in [0.717, 1.165) is 5.56 Å². The van der Waals surface area contributed by atoms with Gasteiger partial charge in [0.25, 0.3) is 0 Å². The quantitative estimate of drug-likeness (QED) is 0.428. The van der Waals surface area contributed by atoms with Crippen LogP contribution in [0, 0.1) is 11.3 Å². The third-order valence-electron chi connectivity index (χ3n) is 3.75. The van der Waals surface area contributed by atoms with Gasteiger partial charge in [0.05, 0.1) is 12.2 Å². The molecule has 0 atom stereocenters. The zero-order chi connectivity index (χ0) is 19.9. The minimum absolute atomic E-state index is 0.0969. The molecule has 3 rings (SSSR count). The number of nitrogens with one attached hydrogen (secondary N) is 1. The number of anilines is 2. The van der Waals surface area contributed by atoms with Crippen molar-refractivity contribution in [1.82, 2.24) is 15.0 Å². The third kappa shape index (κ3) is 4.62. The molecule has 0 spiro atoms. The zero-order valence-corrected chi connectivity index (χ0v) is 15.6. The molecule has 9 heteroatoms. The number of rotatable bonds is 6. The van der Waals surface area contributed by atoms with Gasteiger partial charge in [-0.2, -0.15) is 5.26 Å². The van der Waals surface area contributed by atoms with E-state index in [2.05, 4.69) is 26.3 Å². The number of nitrogen functional groups attached to an aromatic ring is 1. The first-order valence-electron chi connectivity index (χ1n) is 8.30. The Morgan fingerprint density at radius 3 is 2.64 bits per heavy atom. The molecule has 5 N–H and O–H groups in total. The number of pyridine rings is 1. The highest BCUT2D eigenvalue weighted by Crippen LogP contribution is 2.29. The Hall–Kier alpha value is -3.48. The fourth-order valence-electron chi connectivity index (χ4n) is 2.40. The van der Waals surface area contributed by atoms with E-state index in [-0.39, 0.29) is 23.8 Å². The van der Waals surface area contributed by atoms with Crippen LogP contribution in [-0.4, -0.2) is 27.4 Å². The van der Waals surface area contributed by atoms with Gasteiger partial charge in [-0.05, 0) is 23.8 Å². The lowest BCUT2D eigenvalue weighted by molar-refractivity contribution is -0.114. The number of aromatic nitrogens is 3. The average Bonchev–Trinajstić information content (AvgIpc) is 2.73. The lowest BCUT2D eigenvalue weighted by Crippen LogP contribution is -2.21. The van der Waals surface area contributed by atoms with Crippen molar-refractivity contribution in [2.45, 2.75) is 10.9 Å². The van der Waals surface area contributed by atoms with Gasteiger partial charge in [0.2, 0.25) is 5.91 Å². The predicted molar refractivity (Wildman–Crippen MR) is 108 cm³/mol. The Labute approximate surface area is 166 Å². The van der Waals surface area contributed by atoms with Crippen LogP contribution in [0.15, 0.2) is 53.9 Å². The van der Waals surface area contributed by atoms with Gasteiger partial charge in [-0.25, -0.2) is 9.97 Å². The van der Waals surface area contributed by atoms with Gasteiger partial charge in [0.1, 0.15) is 17.5 Å². The van der Waals surface area contributed by atoms with Gasteiger partial charge < -0.3 is 16.8 Å². The molecule has 8 nitrogen and oxygen atoms in total. The maximum atomic E-state index is 11.4. The van der Waals surface area contributed by atoms with E-state index in [1.165, 1.54) is 11.8 Å². The van der Waals surface area contributed by atoms with E-state index < -0.39 is 0 Å². The highest BCUT2D eigenvalue weighted by Gasteiger charge is 2.15. The van der Waals surface area contributed by atoms with Gasteiger partial charge in [-0.1, -0.05) is 30.0 Å². The molecule has 0 radical (unpaired) electrons. The number of carbonyl (C=O) groups excluding carboxylic acids is 1. The fraction of sp³-hybridized carbons (Fsp3) is 0.105. The molecule has 0 saturated heterocycles. The summed E-state index contributed by atoms with van der Waals surface area (Å²) in [4.78, 5) is 24.2. The lowest BCUT2D eigenvalue weighted by atomic mass is 10.1. The topological polar surface area (TPSA) is 144 Å². The largest absolute Gasteiger partial charge is 0.382 e. The second-order valence-electron chi connectivity index (χ2n) is 5.71. The number of amides is 1. The Balaban J connectivity index is 1.88. The lowest BCUT2D eigenvalue weighted by Gasteiger charge is -2.10. The SMILES string of the molecule is N#Cc1c(N)nc(SCc2cccnc2)nc1-c1ccc(NC(=O)CN)cc1. The van der Waals surface area contributed by atoms with Crippen LogP contribution < -0.4 is 16.8 Å². The molecule has 2 heterocycles. The number of nitrogens with two attached hydrogens (primary N) is 2. The van der Waals surface area contributed by atoms with Crippen LogP contribution >= 0.6 is 11.8 Å². The number of benzene rings is 1. The van der Waals surface area contributed by atoms with Crippen LogP contribution in [0.5, 0.6) is 0 Å². The van der Waals surface area contributed by atoms with Gasteiger partial charge in [-0.15, -0.1) is 0 Å². The summed E-state index contributed by atoms with van der Waals surface area (Å²) in [6.45, 7) is -0.0969. The van der Waals surface area contributed by atoms with E-state index in [0.29, 0.717) is 27.9 Å². The van der Waals surface area contributed by atoms with E-state index in [1.54, 1.807) is 36.7 Å². The molecule has 28 heavy (non-hydrogen) atoms. The molecule has 0 fully saturated rings. The summed E-state index contributed by atoms with van der Waals surface area (Å²) in [5.41, 5.74) is 14.3. The van der Waals surface area contributed by atoms with Crippen LogP contribution in [-0.2, 0) is 10.5 Å². The fourth-order valence-corrected chi connectivity index (χ4v) is 3.18. The first-order valence-corrected chi connectivity index (χ1v) is 9.29. The van der Waals surface area contributed by atoms with Crippen molar-refractivity contribution in [2.24, 2.45) is 5.73 Å². The molecule has 0 aliphatic carbocycles. The second-order valence-corrected chi connectivity index (χ2v) is 6.65. The monoisotopic (exact) mass is 391 g/mol. The van der Waals surface area contributed by atoms with Crippen molar-refractivity contribution >= 4 is 29.2 Å². The summed E-state index contributed by atoms with van der Waals surface area (Å²) in [7, 11) is 0. The molecule has 0 saturated carbocycles. The molecule has 1 aromatic carbocycles. The molecule has 3 aromatic rings. The average molecular weight is 391 g/mol. The number of thioether (sulfide) groups is 1. The molecule has 2 aromatic heterocycles. The second kappa shape index (κ2) is 8.94. The van der Waals surface area contributed by atoms with Crippen molar-refractivity contribution in [3.63, 3.8) is 0 Å². The van der Waals surface area contributed by atoms with Crippen molar-refractivity contribution in [2.75, 3.05) is 17.6 Å². The normalized spacial score (nSPS) is 10.3.